The van der Waals surface area contributed by atoms with Crippen LogP contribution in [0.15, 0.2) is 47.4 Å². The zero-order valence-corrected chi connectivity index (χ0v) is 12.6. The standard InChI is InChI=1S/C15H15ClN2OS/c1-19-14-7-2-10(15(17)18)8-11(14)9-20-13-5-3-12(16)4-6-13/h2-8H,9H2,1H3,(H3,17,18). The summed E-state index contributed by atoms with van der Waals surface area (Å²) in [5.41, 5.74) is 7.24. The molecule has 3 nitrogen and oxygen atoms in total. The average molecular weight is 307 g/mol. The van der Waals surface area contributed by atoms with Crippen LogP contribution in [0.3, 0.4) is 0 Å². The van der Waals surface area contributed by atoms with Crippen LogP contribution >= 0.6 is 23.4 Å². The molecule has 0 aliphatic carbocycles. The van der Waals surface area contributed by atoms with Gasteiger partial charge in [-0.1, -0.05) is 11.6 Å². The number of nitrogens with two attached hydrogens (primary N) is 1. The highest BCUT2D eigenvalue weighted by Gasteiger charge is 2.07. The van der Waals surface area contributed by atoms with Gasteiger partial charge in [0, 0.05) is 26.8 Å². The van der Waals surface area contributed by atoms with Gasteiger partial charge in [-0.05, 0) is 42.5 Å². The summed E-state index contributed by atoms with van der Waals surface area (Å²) in [6.45, 7) is 0. The number of thioether (sulfide) groups is 1. The lowest BCUT2D eigenvalue weighted by molar-refractivity contribution is 0.411. The summed E-state index contributed by atoms with van der Waals surface area (Å²) in [4.78, 5) is 1.13. The fourth-order valence-corrected chi connectivity index (χ4v) is 2.75. The van der Waals surface area contributed by atoms with E-state index >= 15 is 0 Å². The fourth-order valence-electron chi connectivity index (χ4n) is 1.75. The maximum atomic E-state index is 7.49. The van der Waals surface area contributed by atoms with E-state index in [2.05, 4.69) is 0 Å². The second-order valence-electron chi connectivity index (χ2n) is 4.18. The van der Waals surface area contributed by atoms with Crippen LogP contribution in [-0.2, 0) is 5.75 Å². The van der Waals surface area contributed by atoms with E-state index in [1.807, 2.05) is 36.4 Å². The number of nitrogen functional groups attached to an aromatic ring is 1. The Bertz CT molecular complexity index is 614. The molecule has 2 aromatic rings. The van der Waals surface area contributed by atoms with Gasteiger partial charge in [0.15, 0.2) is 0 Å². The Balaban J connectivity index is 2.16. The van der Waals surface area contributed by atoms with Crippen molar-refractivity contribution in [3.8, 4) is 5.75 Å². The Labute approximate surface area is 127 Å². The Kier molecular flexibility index (Phi) is 4.93. The molecule has 0 spiro atoms. The van der Waals surface area contributed by atoms with Crippen molar-refractivity contribution in [1.82, 2.24) is 0 Å². The molecule has 0 saturated carbocycles. The third-order valence-corrected chi connectivity index (χ3v) is 4.11. The Morgan fingerprint density at radius 3 is 2.55 bits per heavy atom. The van der Waals surface area contributed by atoms with Crippen molar-refractivity contribution in [2.24, 2.45) is 5.73 Å². The highest BCUT2D eigenvalue weighted by Crippen LogP contribution is 2.29. The molecule has 2 rings (SSSR count). The number of benzene rings is 2. The predicted octanol–water partition coefficient (Wildman–Crippen LogP) is 3.92. The van der Waals surface area contributed by atoms with Gasteiger partial charge in [-0.2, -0.15) is 0 Å². The molecule has 0 bridgehead atoms. The number of nitrogens with one attached hydrogen (secondary N) is 1. The van der Waals surface area contributed by atoms with Crippen molar-refractivity contribution < 1.29 is 4.74 Å². The predicted molar refractivity (Wildman–Crippen MR) is 85.0 cm³/mol. The summed E-state index contributed by atoms with van der Waals surface area (Å²) >= 11 is 7.55. The summed E-state index contributed by atoms with van der Waals surface area (Å²) in [5, 5.41) is 8.22. The lowest BCUT2D eigenvalue weighted by Gasteiger charge is -2.10. The molecule has 0 atom stereocenters. The molecule has 0 aliphatic heterocycles. The molecule has 0 amide bonds. The number of hydrogen-bond donors (Lipinski definition) is 2. The number of hydrogen-bond acceptors (Lipinski definition) is 3. The highest BCUT2D eigenvalue weighted by molar-refractivity contribution is 7.98. The maximum Gasteiger partial charge on any atom is 0.122 e. The van der Waals surface area contributed by atoms with E-state index in [0.717, 1.165) is 27.0 Å². The first-order valence-electron chi connectivity index (χ1n) is 6.00. The fraction of sp³-hybridized carbons (Fsp3) is 0.133. The maximum absolute atomic E-state index is 7.49. The number of halogens is 1. The van der Waals surface area contributed by atoms with E-state index in [9.17, 15) is 0 Å². The van der Waals surface area contributed by atoms with Crippen molar-refractivity contribution in [3.63, 3.8) is 0 Å². The number of amidine groups is 1. The van der Waals surface area contributed by atoms with Gasteiger partial charge in [0.05, 0.1) is 7.11 Å². The van der Waals surface area contributed by atoms with Crippen LogP contribution in [-0.4, -0.2) is 12.9 Å². The summed E-state index contributed by atoms with van der Waals surface area (Å²) < 4.78 is 5.34. The summed E-state index contributed by atoms with van der Waals surface area (Å²) in [7, 11) is 1.64. The van der Waals surface area contributed by atoms with Crippen LogP contribution < -0.4 is 10.5 Å². The molecule has 20 heavy (non-hydrogen) atoms. The monoisotopic (exact) mass is 306 g/mol. The molecule has 5 heteroatoms. The minimum Gasteiger partial charge on any atom is -0.496 e. The molecule has 0 heterocycles. The van der Waals surface area contributed by atoms with Gasteiger partial charge in [-0.25, -0.2) is 0 Å². The van der Waals surface area contributed by atoms with Gasteiger partial charge in [-0.15, -0.1) is 11.8 Å². The third-order valence-electron chi connectivity index (χ3n) is 2.80. The van der Waals surface area contributed by atoms with Crippen LogP contribution in [0.2, 0.25) is 5.02 Å². The molecule has 3 N–H and O–H groups in total. The number of rotatable bonds is 5. The zero-order chi connectivity index (χ0) is 14.5. The molecule has 104 valence electrons. The van der Waals surface area contributed by atoms with Crippen LogP contribution in [0.25, 0.3) is 0 Å². The second kappa shape index (κ2) is 6.68. The Hall–Kier alpha value is -1.65. The van der Waals surface area contributed by atoms with Gasteiger partial charge in [-0.3, -0.25) is 5.41 Å². The van der Waals surface area contributed by atoms with Crippen molar-refractivity contribution in [3.05, 3.63) is 58.6 Å². The number of methoxy groups -OCH3 is 1. The molecule has 0 radical (unpaired) electrons. The van der Waals surface area contributed by atoms with E-state index in [4.69, 9.17) is 27.5 Å². The third kappa shape index (κ3) is 3.68. The van der Waals surface area contributed by atoms with Crippen LogP contribution in [0.4, 0.5) is 0 Å². The second-order valence-corrected chi connectivity index (χ2v) is 5.67. The Morgan fingerprint density at radius 1 is 1.25 bits per heavy atom. The molecular weight excluding hydrogens is 292 g/mol. The molecule has 2 aromatic carbocycles. The first-order chi connectivity index (χ1) is 9.60. The van der Waals surface area contributed by atoms with Gasteiger partial charge in [0.1, 0.15) is 11.6 Å². The normalized spacial score (nSPS) is 10.3. The van der Waals surface area contributed by atoms with Crippen molar-refractivity contribution >= 4 is 29.2 Å². The van der Waals surface area contributed by atoms with Gasteiger partial charge in [0.25, 0.3) is 0 Å². The SMILES string of the molecule is COc1ccc(C(=N)N)cc1CSc1ccc(Cl)cc1. The van der Waals surface area contributed by atoms with Gasteiger partial charge in [0.2, 0.25) is 0 Å². The molecule has 0 aromatic heterocycles. The first kappa shape index (κ1) is 14.8. The smallest absolute Gasteiger partial charge is 0.122 e. The molecule has 0 unspecified atom stereocenters. The van der Waals surface area contributed by atoms with Crippen LogP contribution in [0.5, 0.6) is 5.75 Å². The lowest BCUT2D eigenvalue weighted by Crippen LogP contribution is -2.11. The van der Waals surface area contributed by atoms with E-state index in [-0.39, 0.29) is 5.84 Å². The molecule has 0 aliphatic rings. The van der Waals surface area contributed by atoms with Gasteiger partial charge < -0.3 is 10.5 Å². The average Bonchev–Trinajstić information content (AvgIpc) is 2.46. The largest absolute Gasteiger partial charge is 0.496 e. The van der Waals surface area contributed by atoms with E-state index in [0.29, 0.717) is 5.56 Å². The minimum atomic E-state index is 0.0606. The Morgan fingerprint density at radius 2 is 1.95 bits per heavy atom. The van der Waals surface area contributed by atoms with Crippen molar-refractivity contribution in [2.45, 2.75) is 10.6 Å². The van der Waals surface area contributed by atoms with E-state index < -0.39 is 0 Å². The van der Waals surface area contributed by atoms with E-state index in [1.54, 1.807) is 24.9 Å². The molecular formula is C15H15ClN2OS. The molecule has 0 saturated heterocycles. The minimum absolute atomic E-state index is 0.0606. The summed E-state index contributed by atoms with van der Waals surface area (Å²) in [6.07, 6.45) is 0. The van der Waals surface area contributed by atoms with Crippen LogP contribution in [0.1, 0.15) is 11.1 Å². The molecule has 0 fully saturated rings. The number of ether oxygens (including phenoxy) is 1. The topological polar surface area (TPSA) is 59.1 Å². The van der Waals surface area contributed by atoms with Crippen LogP contribution in [0, 0.1) is 5.41 Å². The highest BCUT2D eigenvalue weighted by atomic mass is 35.5. The van der Waals surface area contributed by atoms with Crippen molar-refractivity contribution in [2.75, 3.05) is 7.11 Å². The zero-order valence-electron chi connectivity index (χ0n) is 11.0. The quantitative estimate of drug-likeness (QED) is 0.500. The first-order valence-corrected chi connectivity index (χ1v) is 7.36. The summed E-state index contributed by atoms with van der Waals surface area (Å²) in [6, 6.07) is 13.2. The summed E-state index contributed by atoms with van der Waals surface area (Å²) in [5.74, 6) is 1.60. The van der Waals surface area contributed by atoms with Crippen molar-refractivity contribution in [1.29, 1.82) is 5.41 Å². The lowest BCUT2D eigenvalue weighted by atomic mass is 10.1. The van der Waals surface area contributed by atoms with Gasteiger partial charge >= 0.3 is 0 Å². The van der Waals surface area contributed by atoms with E-state index in [1.165, 1.54) is 0 Å².